The highest BCUT2D eigenvalue weighted by Crippen LogP contribution is 2.61. The number of aliphatic hydroxyl groups is 1. The minimum absolute atomic E-state index is 0.0508. The van der Waals surface area contributed by atoms with Gasteiger partial charge in [-0.2, -0.15) is 0 Å². The highest BCUT2D eigenvalue weighted by Gasteiger charge is 2.63. The zero-order valence-corrected chi connectivity index (χ0v) is 11.8. The maximum atomic E-state index is 12.0. The molecule has 0 aromatic rings. The van der Waals surface area contributed by atoms with E-state index in [0.29, 0.717) is 18.3 Å². The standard InChI is InChI=1S/C15H26O2/c1-10-7-13(3,4)9-15(8-10)11(2)6-12(16)14(15,5)17/h10-11,17H,6-9H2,1-5H3/t10-,11-,14+,15+/m0/s1. The van der Waals surface area contributed by atoms with Crippen LogP contribution in [0.2, 0.25) is 0 Å². The minimum Gasteiger partial charge on any atom is -0.382 e. The number of rotatable bonds is 0. The molecular weight excluding hydrogens is 212 g/mol. The van der Waals surface area contributed by atoms with Gasteiger partial charge in [0, 0.05) is 11.8 Å². The van der Waals surface area contributed by atoms with Crippen molar-refractivity contribution in [1.82, 2.24) is 0 Å². The summed E-state index contributed by atoms with van der Waals surface area (Å²) in [5.41, 5.74) is -1.07. The Labute approximate surface area is 105 Å². The molecule has 0 aromatic heterocycles. The maximum Gasteiger partial charge on any atom is 0.164 e. The van der Waals surface area contributed by atoms with Gasteiger partial charge in [0.05, 0.1) is 0 Å². The van der Waals surface area contributed by atoms with Gasteiger partial charge in [0.2, 0.25) is 0 Å². The van der Waals surface area contributed by atoms with Crippen LogP contribution in [0.1, 0.15) is 60.3 Å². The Kier molecular flexibility index (Phi) is 2.74. The van der Waals surface area contributed by atoms with Crippen LogP contribution in [0.4, 0.5) is 0 Å². The Morgan fingerprint density at radius 3 is 2.18 bits per heavy atom. The Morgan fingerprint density at radius 2 is 1.76 bits per heavy atom. The molecule has 0 heterocycles. The van der Waals surface area contributed by atoms with E-state index < -0.39 is 5.60 Å². The molecule has 2 nitrogen and oxygen atoms in total. The quantitative estimate of drug-likeness (QED) is 0.703. The lowest BCUT2D eigenvalue weighted by Gasteiger charge is -2.52. The summed E-state index contributed by atoms with van der Waals surface area (Å²) in [7, 11) is 0. The summed E-state index contributed by atoms with van der Waals surface area (Å²) >= 11 is 0. The van der Waals surface area contributed by atoms with Crippen LogP contribution in [0.5, 0.6) is 0 Å². The first-order chi connectivity index (χ1) is 7.61. The fourth-order valence-corrected chi connectivity index (χ4v) is 4.81. The van der Waals surface area contributed by atoms with Gasteiger partial charge in [-0.25, -0.2) is 0 Å². The van der Waals surface area contributed by atoms with E-state index in [-0.39, 0.29) is 16.6 Å². The van der Waals surface area contributed by atoms with E-state index in [9.17, 15) is 9.90 Å². The second-order valence-electron chi connectivity index (χ2n) is 7.61. The van der Waals surface area contributed by atoms with Crippen molar-refractivity contribution in [3.05, 3.63) is 0 Å². The highest BCUT2D eigenvalue weighted by molar-refractivity contribution is 5.90. The minimum atomic E-state index is -1.11. The predicted octanol–water partition coefficient (Wildman–Crippen LogP) is 3.18. The van der Waals surface area contributed by atoms with E-state index in [1.165, 1.54) is 6.42 Å². The van der Waals surface area contributed by atoms with Crippen molar-refractivity contribution in [2.75, 3.05) is 0 Å². The first kappa shape index (κ1) is 13.1. The number of carbonyl (C=O) groups is 1. The maximum absolute atomic E-state index is 12.0. The van der Waals surface area contributed by atoms with Gasteiger partial charge in [-0.05, 0) is 43.4 Å². The number of ketones is 1. The van der Waals surface area contributed by atoms with E-state index in [2.05, 4.69) is 27.7 Å². The lowest BCUT2D eigenvalue weighted by Crippen LogP contribution is -2.53. The van der Waals surface area contributed by atoms with E-state index in [4.69, 9.17) is 0 Å². The summed E-state index contributed by atoms with van der Waals surface area (Å²) in [6, 6.07) is 0. The summed E-state index contributed by atoms with van der Waals surface area (Å²) < 4.78 is 0. The molecule has 0 radical (unpaired) electrons. The molecule has 4 atom stereocenters. The zero-order valence-electron chi connectivity index (χ0n) is 11.8. The molecule has 0 bridgehead atoms. The molecule has 2 rings (SSSR count). The Balaban J connectivity index is 2.43. The first-order valence-electron chi connectivity index (χ1n) is 6.86. The number of hydrogen-bond acceptors (Lipinski definition) is 2. The molecule has 1 spiro atoms. The molecule has 0 saturated heterocycles. The van der Waals surface area contributed by atoms with Crippen molar-refractivity contribution in [1.29, 1.82) is 0 Å². The molecule has 2 aliphatic rings. The molecule has 0 aromatic carbocycles. The van der Waals surface area contributed by atoms with Crippen LogP contribution in [-0.2, 0) is 4.79 Å². The summed E-state index contributed by atoms with van der Waals surface area (Å²) in [5, 5.41) is 10.7. The molecule has 0 unspecified atom stereocenters. The molecule has 2 fully saturated rings. The molecule has 2 saturated carbocycles. The molecule has 0 amide bonds. The Hall–Kier alpha value is -0.370. The summed E-state index contributed by atoms with van der Waals surface area (Å²) in [4.78, 5) is 12.0. The van der Waals surface area contributed by atoms with Crippen LogP contribution in [0.15, 0.2) is 0 Å². The van der Waals surface area contributed by atoms with Gasteiger partial charge in [0.15, 0.2) is 5.78 Å². The van der Waals surface area contributed by atoms with Crippen molar-refractivity contribution in [2.45, 2.75) is 65.9 Å². The number of carbonyl (C=O) groups excluding carboxylic acids is 1. The first-order valence-corrected chi connectivity index (χ1v) is 6.86. The van der Waals surface area contributed by atoms with Crippen molar-refractivity contribution < 1.29 is 9.90 Å². The lowest BCUT2D eigenvalue weighted by atomic mass is 9.53. The van der Waals surface area contributed by atoms with Gasteiger partial charge in [-0.1, -0.05) is 27.7 Å². The monoisotopic (exact) mass is 238 g/mol. The van der Waals surface area contributed by atoms with Gasteiger partial charge in [-0.3, -0.25) is 4.79 Å². The van der Waals surface area contributed by atoms with Crippen molar-refractivity contribution >= 4 is 5.78 Å². The van der Waals surface area contributed by atoms with Gasteiger partial charge in [0.25, 0.3) is 0 Å². The van der Waals surface area contributed by atoms with Crippen LogP contribution in [0.25, 0.3) is 0 Å². The average Bonchev–Trinajstić information content (AvgIpc) is 2.25. The van der Waals surface area contributed by atoms with E-state index in [1.807, 2.05) is 0 Å². The number of Topliss-reactive ketones (excluding diaryl/α,β-unsaturated/α-hetero) is 1. The molecule has 0 aliphatic heterocycles. The molecule has 2 aliphatic carbocycles. The second-order valence-corrected chi connectivity index (χ2v) is 7.61. The SMILES string of the molecule is C[C@H]1CC(C)(C)C[C@]2(C1)[C@@H](C)CC(=O)[C@@]2(C)O. The molecule has 98 valence electrons. The fraction of sp³-hybridized carbons (Fsp3) is 0.933. The zero-order chi connectivity index (χ0) is 13.1. The second kappa shape index (κ2) is 3.57. The third-order valence-electron chi connectivity index (χ3n) is 5.36. The largest absolute Gasteiger partial charge is 0.382 e. The van der Waals surface area contributed by atoms with Crippen LogP contribution < -0.4 is 0 Å². The molecule has 2 heteroatoms. The normalized spacial score (nSPS) is 49.9. The summed E-state index contributed by atoms with van der Waals surface area (Å²) in [6.45, 7) is 10.7. The third kappa shape index (κ3) is 1.76. The smallest absolute Gasteiger partial charge is 0.164 e. The van der Waals surface area contributed by atoms with E-state index in [1.54, 1.807) is 6.92 Å². The predicted molar refractivity (Wildman–Crippen MR) is 68.6 cm³/mol. The van der Waals surface area contributed by atoms with Crippen molar-refractivity contribution in [3.8, 4) is 0 Å². The molecular formula is C15H26O2. The van der Waals surface area contributed by atoms with Crippen LogP contribution >= 0.6 is 0 Å². The fourth-order valence-electron chi connectivity index (χ4n) is 4.81. The van der Waals surface area contributed by atoms with Gasteiger partial charge in [-0.15, -0.1) is 0 Å². The Bertz CT molecular complexity index is 343. The Morgan fingerprint density at radius 1 is 1.18 bits per heavy atom. The number of hydrogen-bond donors (Lipinski definition) is 1. The molecule has 1 N–H and O–H groups in total. The topological polar surface area (TPSA) is 37.3 Å². The van der Waals surface area contributed by atoms with Crippen molar-refractivity contribution in [3.63, 3.8) is 0 Å². The van der Waals surface area contributed by atoms with Crippen LogP contribution in [-0.4, -0.2) is 16.5 Å². The van der Waals surface area contributed by atoms with Crippen LogP contribution in [0, 0.1) is 22.7 Å². The average molecular weight is 238 g/mol. The van der Waals surface area contributed by atoms with E-state index >= 15 is 0 Å². The van der Waals surface area contributed by atoms with Gasteiger partial charge < -0.3 is 5.11 Å². The third-order valence-corrected chi connectivity index (χ3v) is 5.36. The van der Waals surface area contributed by atoms with E-state index in [0.717, 1.165) is 12.8 Å². The van der Waals surface area contributed by atoms with Crippen LogP contribution in [0.3, 0.4) is 0 Å². The summed E-state index contributed by atoms with van der Waals surface area (Å²) in [6.07, 6.45) is 3.72. The molecule has 17 heavy (non-hydrogen) atoms. The van der Waals surface area contributed by atoms with Crippen molar-refractivity contribution in [2.24, 2.45) is 22.7 Å². The van der Waals surface area contributed by atoms with Gasteiger partial charge >= 0.3 is 0 Å². The highest BCUT2D eigenvalue weighted by atomic mass is 16.3. The van der Waals surface area contributed by atoms with Gasteiger partial charge in [0.1, 0.15) is 5.60 Å². The summed E-state index contributed by atoms with van der Waals surface area (Å²) in [5.74, 6) is 0.959. The lowest BCUT2D eigenvalue weighted by molar-refractivity contribution is -0.152.